The van der Waals surface area contributed by atoms with E-state index < -0.39 is 11.2 Å². The lowest BCUT2D eigenvalue weighted by Crippen LogP contribution is -2.29. The Bertz CT molecular complexity index is 477. The number of hydrogen-bond acceptors (Lipinski definition) is 3. The van der Waals surface area contributed by atoms with Gasteiger partial charge in [0.1, 0.15) is 5.60 Å². The van der Waals surface area contributed by atoms with E-state index in [9.17, 15) is 4.79 Å². The minimum atomic E-state index is -0.744. The van der Waals surface area contributed by atoms with Gasteiger partial charge < -0.3 is 9.47 Å². The van der Waals surface area contributed by atoms with Crippen molar-refractivity contribution < 1.29 is 14.3 Å². The standard InChI is InChI=1S/C17H26O3.C2H6/c1-8-13(10-9-12(2)19-7)11-14-15(18)17(5,6)20-16(14,3)4;1-2/h9-11H,8H2,1-7H3;1-2H3/b12-9+,13-10+,14-11-;. The van der Waals surface area contributed by atoms with Crippen LogP contribution in [0.15, 0.2) is 35.1 Å². The van der Waals surface area contributed by atoms with Gasteiger partial charge in [-0.1, -0.05) is 26.8 Å². The predicted octanol–water partition coefficient (Wildman–Crippen LogP) is 4.98. The lowest BCUT2D eigenvalue weighted by molar-refractivity contribution is -0.132. The first kappa shape index (κ1) is 20.6. The summed E-state index contributed by atoms with van der Waals surface area (Å²) in [6.07, 6.45) is 6.70. The molecule has 126 valence electrons. The van der Waals surface area contributed by atoms with E-state index in [-0.39, 0.29) is 5.78 Å². The van der Waals surface area contributed by atoms with E-state index in [0.29, 0.717) is 0 Å². The van der Waals surface area contributed by atoms with E-state index in [2.05, 4.69) is 6.92 Å². The quantitative estimate of drug-likeness (QED) is 0.417. The molecule has 1 fully saturated rings. The van der Waals surface area contributed by atoms with Crippen molar-refractivity contribution >= 4 is 5.78 Å². The molecule has 1 rings (SSSR count). The molecule has 0 spiro atoms. The van der Waals surface area contributed by atoms with Crippen molar-refractivity contribution in [2.75, 3.05) is 7.11 Å². The molecule has 0 aromatic heterocycles. The van der Waals surface area contributed by atoms with E-state index in [1.165, 1.54) is 0 Å². The first-order chi connectivity index (χ1) is 10.1. The number of ketones is 1. The fourth-order valence-corrected chi connectivity index (χ4v) is 2.32. The third-order valence-corrected chi connectivity index (χ3v) is 3.54. The summed E-state index contributed by atoms with van der Waals surface area (Å²) in [6.45, 7) is 15.5. The van der Waals surface area contributed by atoms with Crippen LogP contribution in [0.3, 0.4) is 0 Å². The van der Waals surface area contributed by atoms with Gasteiger partial charge in [0, 0.05) is 5.57 Å². The molecule has 0 saturated carbocycles. The summed E-state index contributed by atoms with van der Waals surface area (Å²) in [5.41, 5.74) is 0.527. The number of hydrogen-bond donors (Lipinski definition) is 0. The van der Waals surface area contributed by atoms with Crippen molar-refractivity contribution in [2.45, 2.75) is 73.0 Å². The smallest absolute Gasteiger partial charge is 0.192 e. The maximum atomic E-state index is 12.4. The highest BCUT2D eigenvalue weighted by Crippen LogP contribution is 2.39. The molecule has 3 nitrogen and oxygen atoms in total. The molecule has 0 atom stereocenters. The summed E-state index contributed by atoms with van der Waals surface area (Å²) in [5, 5.41) is 0. The normalized spacial score (nSPS) is 22.4. The maximum absolute atomic E-state index is 12.4. The number of methoxy groups -OCH3 is 1. The molecule has 0 amide bonds. The van der Waals surface area contributed by atoms with Gasteiger partial charge in [-0.05, 0) is 58.8 Å². The summed E-state index contributed by atoms with van der Waals surface area (Å²) in [6, 6.07) is 0. The SMILES string of the molecule is CC.CCC(=C\C=C(/C)OC)/C=C1/C(=O)C(C)(C)OC1(C)C. The van der Waals surface area contributed by atoms with Gasteiger partial charge in [0.25, 0.3) is 0 Å². The topological polar surface area (TPSA) is 35.5 Å². The molecule has 1 heterocycles. The van der Waals surface area contributed by atoms with Gasteiger partial charge in [-0.15, -0.1) is 0 Å². The van der Waals surface area contributed by atoms with Crippen molar-refractivity contribution in [2.24, 2.45) is 0 Å². The molecular formula is C19H32O3. The molecule has 0 radical (unpaired) electrons. The van der Waals surface area contributed by atoms with E-state index in [1.54, 1.807) is 7.11 Å². The van der Waals surface area contributed by atoms with Crippen LogP contribution in [0.5, 0.6) is 0 Å². The van der Waals surface area contributed by atoms with Crippen LogP contribution >= 0.6 is 0 Å². The molecule has 1 aliphatic rings. The van der Waals surface area contributed by atoms with E-state index >= 15 is 0 Å². The second-order valence-electron chi connectivity index (χ2n) is 6.09. The Morgan fingerprint density at radius 3 is 2.05 bits per heavy atom. The van der Waals surface area contributed by atoms with Gasteiger partial charge in [-0.2, -0.15) is 0 Å². The highest BCUT2D eigenvalue weighted by atomic mass is 16.5. The highest BCUT2D eigenvalue weighted by Gasteiger charge is 2.49. The molecule has 0 aliphatic carbocycles. The molecular weight excluding hydrogens is 276 g/mol. The molecule has 1 saturated heterocycles. The zero-order valence-corrected chi connectivity index (χ0v) is 15.7. The van der Waals surface area contributed by atoms with E-state index in [4.69, 9.17) is 9.47 Å². The zero-order valence-electron chi connectivity index (χ0n) is 15.7. The average Bonchev–Trinajstić information content (AvgIpc) is 2.62. The number of carbonyl (C=O) groups excluding carboxylic acids is 1. The molecule has 0 bridgehead atoms. The number of ether oxygens (including phenoxy) is 2. The van der Waals surface area contributed by atoms with Crippen molar-refractivity contribution in [1.82, 2.24) is 0 Å². The molecule has 0 aromatic rings. The Labute approximate surface area is 136 Å². The lowest BCUT2D eigenvalue weighted by Gasteiger charge is -2.22. The number of allylic oxidation sites excluding steroid dienone is 5. The molecule has 22 heavy (non-hydrogen) atoms. The van der Waals surface area contributed by atoms with Gasteiger partial charge in [0.2, 0.25) is 0 Å². The van der Waals surface area contributed by atoms with Gasteiger partial charge >= 0.3 is 0 Å². The van der Waals surface area contributed by atoms with Crippen LogP contribution in [0.25, 0.3) is 0 Å². The lowest BCUT2D eigenvalue weighted by atomic mass is 9.90. The molecule has 0 N–H and O–H groups in total. The highest BCUT2D eigenvalue weighted by molar-refractivity contribution is 6.05. The van der Waals surface area contributed by atoms with E-state index in [0.717, 1.165) is 23.3 Å². The number of rotatable bonds is 4. The largest absolute Gasteiger partial charge is 0.501 e. The number of carbonyl (C=O) groups is 1. The van der Waals surface area contributed by atoms with Crippen molar-refractivity contribution in [3.63, 3.8) is 0 Å². The molecule has 3 heteroatoms. The summed E-state index contributed by atoms with van der Waals surface area (Å²) >= 11 is 0. The zero-order chi connectivity index (χ0) is 17.6. The van der Waals surface area contributed by atoms with Gasteiger partial charge in [0.05, 0.1) is 18.5 Å². The Hall–Kier alpha value is -1.35. The first-order valence-electron chi connectivity index (χ1n) is 8.02. The summed E-state index contributed by atoms with van der Waals surface area (Å²) in [5.74, 6) is 0.900. The summed E-state index contributed by atoms with van der Waals surface area (Å²) in [4.78, 5) is 12.4. The monoisotopic (exact) mass is 308 g/mol. The van der Waals surface area contributed by atoms with Crippen molar-refractivity contribution in [3.8, 4) is 0 Å². The Morgan fingerprint density at radius 2 is 1.68 bits per heavy atom. The fraction of sp³-hybridized carbons (Fsp3) is 0.632. The first-order valence-corrected chi connectivity index (χ1v) is 8.02. The summed E-state index contributed by atoms with van der Waals surface area (Å²) in [7, 11) is 1.64. The van der Waals surface area contributed by atoms with Crippen LogP contribution in [0, 0.1) is 0 Å². The maximum Gasteiger partial charge on any atom is 0.192 e. The Morgan fingerprint density at radius 1 is 1.14 bits per heavy atom. The van der Waals surface area contributed by atoms with Crippen molar-refractivity contribution in [1.29, 1.82) is 0 Å². The van der Waals surface area contributed by atoms with Crippen LogP contribution in [0.1, 0.15) is 61.8 Å². The van der Waals surface area contributed by atoms with Crippen LogP contribution in [-0.4, -0.2) is 24.1 Å². The molecule has 0 aromatic carbocycles. The molecule has 1 aliphatic heterocycles. The third-order valence-electron chi connectivity index (χ3n) is 3.54. The van der Waals surface area contributed by atoms with Gasteiger partial charge in [-0.3, -0.25) is 4.79 Å². The Balaban J connectivity index is 0.00000211. The van der Waals surface area contributed by atoms with Crippen LogP contribution in [-0.2, 0) is 14.3 Å². The Kier molecular flexibility index (Phi) is 7.82. The number of Topliss-reactive ketones (excluding diaryl/α,β-unsaturated/α-hetero) is 1. The van der Waals surface area contributed by atoms with Crippen LogP contribution in [0.2, 0.25) is 0 Å². The summed E-state index contributed by atoms with van der Waals surface area (Å²) < 4.78 is 11.0. The van der Waals surface area contributed by atoms with E-state index in [1.807, 2.05) is 66.7 Å². The second-order valence-corrected chi connectivity index (χ2v) is 6.09. The second kappa shape index (κ2) is 8.33. The molecule has 0 unspecified atom stereocenters. The van der Waals surface area contributed by atoms with Crippen LogP contribution < -0.4 is 0 Å². The fourth-order valence-electron chi connectivity index (χ4n) is 2.32. The van der Waals surface area contributed by atoms with Crippen LogP contribution in [0.4, 0.5) is 0 Å². The van der Waals surface area contributed by atoms with Gasteiger partial charge in [-0.25, -0.2) is 0 Å². The minimum Gasteiger partial charge on any atom is -0.501 e. The van der Waals surface area contributed by atoms with Gasteiger partial charge in [0.15, 0.2) is 5.78 Å². The third kappa shape index (κ3) is 5.13. The predicted molar refractivity (Wildman–Crippen MR) is 92.8 cm³/mol. The minimum absolute atomic E-state index is 0.0642. The van der Waals surface area contributed by atoms with Crippen molar-refractivity contribution in [3.05, 3.63) is 35.1 Å². The average molecular weight is 308 g/mol.